The summed E-state index contributed by atoms with van der Waals surface area (Å²) >= 11 is 0. The smallest absolute Gasteiger partial charge is 0.263 e. The van der Waals surface area contributed by atoms with Gasteiger partial charge in [-0.05, 0) is 50.5 Å². The van der Waals surface area contributed by atoms with E-state index >= 15 is 0 Å². The fourth-order valence-electron chi connectivity index (χ4n) is 4.02. The van der Waals surface area contributed by atoms with Crippen molar-refractivity contribution in [2.45, 2.75) is 42.7 Å². The monoisotopic (exact) mass is 525 g/mol. The Balaban J connectivity index is 1.58. The first-order chi connectivity index (χ1) is 17.5. The number of fused-ring (bicyclic) bond motifs is 1. The number of rotatable bonds is 9. The zero-order chi connectivity index (χ0) is 27.0. The second kappa shape index (κ2) is 9.57. The molecule has 1 aromatic carbocycles. The first-order valence-corrected chi connectivity index (χ1v) is 13.0. The zero-order valence-electron chi connectivity index (χ0n) is 20.7. The van der Waals surface area contributed by atoms with Crippen molar-refractivity contribution in [3.05, 3.63) is 63.7 Å². The molecule has 1 aliphatic rings. The van der Waals surface area contributed by atoms with E-state index in [0.29, 0.717) is 18.4 Å². The molecule has 12 heteroatoms. The molecule has 11 nitrogen and oxygen atoms in total. The van der Waals surface area contributed by atoms with Gasteiger partial charge in [-0.25, -0.2) is 13.4 Å². The van der Waals surface area contributed by atoms with Gasteiger partial charge >= 0.3 is 0 Å². The number of aliphatic hydroxyl groups excluding tert-OH is 1. The lowest BCUT2D eigenvalue weighted by Crippen LogP contribution is -2.46. The number of benzene rings is 1. The number of carbonyl (C=O) groups excluding carboxylic acids is 1. The summed E-state index contributed by atoms with van der Waals surface area (Å²) < 4.78 is 30.8. The maximum absolute atomic E-state index is 13.1. The molecular weight excluding hydrogens is 498 g/mol. The van der Waals surface area contributed by atoms with E-state index in [4.69, 9.17) is 10.00 Å². The average Bonchev–Trinajstić information content (AvgIpc) is 3.70. The number of nitrogens with zero attached hydrogens (tertiary/aromatic N) is 4. The van der Waals surface area contributed by atoms with E-state index in [2.05, 4.69) is 15.3 Å². The Kier molecular flexibility index (Phi) is 6.79. The predicted octanol–water partition coefficient (Wildman–Crippen LogP) is 1.23. The number of hydrogen-bond acceptors (Lipinski definition) is 9. The van der Waals surface area contributed by atoms with Gasteiger partial charge in [-0.3, -0.25) is 9.59 Å². The number of hydrogen-bond donors (Lipinski definition) is 2. The number of sulfone groups is 1. The Hall–Kier alpha value is -3.82. The van der Waals surface area contributed by atoms with Crippen LogP contribution in [0.15, 0.2) is 41.5 Å². The predicted molar refractivity (Wildman–Crippen MR) is 135 cm³/mol. The molecule has 0 saturated heterocycles. The summed E-state index contributed by atoms with van der Waals surface area (Å²) in [4.78, 5) is 34.1. The molecule has 3 aromatic rings. The molecule has 0 bridgehead atoms. The van der Waals surface area contributed by atoms with Gasteiger partial charge < -0.3 is 19.7 Å². The summed E-state index contributed by atoms with van der Waals surface area (Å²) in [6, 6.07) is 10.1. The SMILES string of the molecule is Cn1c(=O)c(C(=O)NCc2ccc(C#N)cc2)cc2ncnc(OCC3(S(=O)(=O)C(C)(C)CO)CC3)c21. The van der Waals surface area contributed by atoms with Crippen LogP contribution < -0.4 is 15.6 Å². The molecule has 1 saturated carbocycles. The number of aliphatic hydroxyl groups is 1. The minimum absolute atomic E-state index is 0.0254. The van der Waals surface area contributed by atoms with Crippen LogP contribution in [-0.2, 0) is 23.4 Å². The van der Waals surface area contributed by atoms with Crippen LogP contribution in [0.2, 0.25) is 0 Å². The molecule has 1 fully saturated rings. The largest absolute Gasteiger partial charge is 0.474 e. The Morgan fingerprint density at radius 1 is 1.27 bits per heavy atom. The summed E-state index contributed by atoms with van der Waals surface area (Å²) in [5.41, 5.74) is 1.04. The number of ether oxygens (including phenoxy) is 1. The van der Waals surface area contributed by atoms with Gasteiger partial charge in [-0.15, -0.1) is 0 Å². The van der Waals surface area contributed by atoms with E-state index in [1.165, 1.54) is 37.9 Å². The number of nitrogens with one attached hydrogen (secondary N) is 1. The second-order valence-electron chi connectivity index (χ2n) is 9.72. The van der Waals surface area contributed by atoms with E-state index in [-0.39, 0.29) is 35.6 Å². The van der Waals surface area contributed by atoms with E-state index < -0.39 is 37.4 Å². The van der Waals surface area contributed by atoms with Crippen LogP contribution in [0.5, 0.6) is 5.88 Å². The first-order valence-electron chi connectivity index (χ1n) is 11.6. The molecule has 194 valence electrons. The lowest BCUT2D eigenvalue weighted by atomic mass is 10.1. The number of aromatic nitrogens is 3. The summed E-state index contributed by atoms with van der Waals surface area (Å²) in [5, 5.41) is 21.2. The van der Waals surface area contributed by atoms with E-state index in [1.54, 1.807) is 24.3 Å². The van der Waals surface area contributed by atoms with Crippen molar-refractivity contribution in [1.82, 2.24) is 19.9 Å². The van der Waals surface area contributed by atoms with E-state index in [9.17, 15) is 23.1 Å². The van der Waals surface area contributed by atoms with Crippen molar-refractivity contribution in [3.63, 3.8) is 0 Å². The lowest BCUT2D eigenvalue weighted by molar-refractivity contribution is 0.0949. The Morgan fingerprint density at radius 3 is 2.54 bits per heavy atom. The number of pyridine rings is 1. The molecule has 37 heavy (non-hydrogen) atoms. The van der Waals surface area contributed by atoms with Crippen molar-refractivity contribution in [2.75, 3.05) is 13.2 Å². The Bertz CT molecular complexity index is 1570. The normalized spacial score (nSPS) is 14.7. The number of aryl methyl sites for hydroxylation is 1. The molecule has 0 radical (unpaired) electrons. The minimum atomic E-state index is -3.73. The summed E-state index contributed by atoms with van der Waals surface area (Å²) in [6.45, 7) is 2.40. The molecule has 2 aromatic heterocycles. The van der Waals surface area contributed by atoms with E-state index in [0.717, 1.165) is 5.56 Å². The van der Waals surface area contributed by atoms with Crippen LogP contribution in [0.3, 0.4) is 0 Å². The Labute approximate surface area is 213 Å². The molecule has 1 aliphatic carbocycles. The van der Waals surface area contributed by atoms with Gasteiger partial charge in [0.25, 0.3) is 11.5 Å². The standard InChI is InChI=1S/C25H27N5O6S/c1-24(2,13-31)37(34,35)25(8-9-25)14-36-22-20-19(28-15-29-22)10-18(23(33)30(20)3)21(32)27-12-17-6-4-16(11-26)5-7-17/h4-7,10,15,31H,8-9,12-14H2,1-3H3,(H,27,32). The maximum Gasteiger partial charge on any atom is 0.263 e. The summed E-state index contributed by atoms with van der Waals surface area (Å²) in [5.74, 6) is -0.570. The molecule has 4 rings (SSSR count). The van der Waals surface area contributed by atoms with Gasteiger partial charge in [0, 0.05) is 13.6 Å². The fourth-order valence-corrected chi connectivity index (χ4v) is 6.22. The molecule has 2 N–H and O–H groups in total. The third-order valence-electron chi connectivity index (χ3n) is 6.71. The van der Waals surface area contributed by atoms with Crippen LogP contribution >= 0.6 is 0 Å². The average molecular weight is 526 g/mol. The number of amides is 1. The van der Waals surface area contributed by atoms with Crippen LogP contribution in [0, 0.1) is 11.3 Å². The molecular formula is C25H27N5O6S. The second-order valence-corrected chi connectivity index (χ2v) is 12.7. The van der Waals surface area contributed by atoms with Crippen LogP contribution in [-0.4, -0.2) is 56.7 Å². The van der Waals surface area contributed by atoms with Crippen molar-refractivity contribution in [2.24, 2.45) is 7.05 Å². The number of carbonyl (C=O) groups is 1. The summed E-state index contributed by atoms with van der Waals surface area (Å²) in [6.07, 6.45) is 2.00. The highest BCUT2D eigenvalue weighted by Gasteiger charge is 2.60. The van der Waals surface area contributed by atoms with Crippen LogP contribution in [0.4, 0.5) is 0 Å². The van der Waals surface area contributed by atoms with Crippen molar-refractivity contribution in [3.8, 4) is 11.9 Å². The van der Waals surface area contributed by atoms with Crippen LogP contribution in [0.25, 0.3) is 11.0 Å². The molecule has 0 atom stereocenters. The van der Waals surface area contributed by atoms with Gasteiger partial charge in [0.05, 0.1) is 28.5 Å². The maximum atomic E-state index is 13.1. The lowest BCUT2D eigenvalue weighted by Gasteiger charge is -2.28. The van der Waals surface area contributed by atoms with Crippen molar-refractivity contribution >= 4 is 26.8 Å². The van der Waals surface area contributed by atoms with Gasteiger partial charge in [0.1, 0.15) is 28.8 Å². The van der Waals surface area contributed by atoms with Gasteiger partial charge in [-0.1, -0.05) is 12.1 Å². The van der Waals surface area contributed by atoms with Crippen molar-refractivity contribution in [1.29, 1.82) is 5.26 Å². The minimum Gasteiger partial charge on any atom is -0.474 e. The molecule has 0 spiro atoms. The fraction of sp³-hybridized carbons (Fsp3) is 0.400. The topological polar surface area (TPSA) is 164 Å². The first kappa shape index (κ1) is 26.2. The number of nitriles is 1. The summed E-state index contributed by atoms with van der Waals surface area (Å²) in [7, 11) is -2.27. The van der Waals surface area contributed by atoms with E-state index in [1.807, 2.05) is 6.07 Å². The third-order valence-corrected chi connectivity index (χ3v) is 9.96. The van der Waals surface area contributed by atoms with Gasteiger partial charge in [-0.2, -0.15) is 10.2 Å². The highest BCUT2D eigenvalue weighted by atomic mass is 32.2. The highest BCUT2D eigenvalue weighted by Crippen LogP contribution is 2.48. The molecule has 0 aliphatic heterocycles. The van der Waals surface area contributed by atoms with Gasteiger partial charge in [0.2, 0.25) is 5.88 Å². The Morgan fingerprint density at radius 2 is 1.95 bits per heavy atom. The van der Waals surface area contributed by atoms with Crippen LogP contribution in [0.1, 0.15) is 48.2 Å². The molecule has 0 unspecified atom stereocenters. The quantitative estimate of drug-likeness (QED) is 0.418. The zero-order valence-corrected chi connectivity index (χ0v) is 21.5. The third kappa shape index (κ3) is 4.68. The van der Waals surface area contributed by atoms with Gasteiger partial charge in [0.15, 0.2) is 9.84 Å². The molecule has 2 heterocycles. The molecule has 1 amide bonds. The highest BCUT2D eigenvalue weighted by molar-refractivity contribution is 7.94. The van der Waals surface area contributed by atoms with Crippen molar-refractivity contribution < 1.29 is 23.1 Å².